The molecule has 0 fully saturated rings. The van der Waals surface area contributed by atoms with E-state index in [0.29, 0.717) is 10.6 Å². The average Bonchev–Trinajstić information content (AvgIpc) is 2.66. The third kappa shape index (κ3) is 6.11. The van der Waals surface area contributed by atoms with Crippen molar-refractivity contribution in [2.45, 2.75) is 13.3 Å². The molecule has 7 heteroatoms. The van der Waals surface area contributed by atoms with E-state index >= 15 is 0 Å². The van der Waals surface area contributed by atoms with Gasteiger partial charge in [0.1, 0.15) is 0 Å². The monoisotopic (exact) mass is 388 g/mol. The second kappa shape index (κ2) is 9.73. The van der Waals surface area contributed by atoms with E-state index in [4.69, 9.17) is 16.3 Å². The number of nitrogens with zero attached hydrogens (tertiary/aromatic N) is 1. The van der Waals surface area contributed by atoms with Crippen LogP contribution in [0.1, 0.15) is 22.8 Å². The molecule has 0 atom stereocenters. The highest BCUT2D eigenvalue weighted by Gasteiger charge is 2.16. The quantitative estimate of drug-likeness (QED) is 0.739. The van der Waals surface area contributed by atoms with Crippen LogP contribution < -0.4 is 5.32 Å². The molecule has 0 saturated carbocycles. The van der Waals surface area contributed by atoms with E-state index in [1.807, 2.05) is 31.2 Å². The van der Waals surface area contributed by atoms with Gasteiger partial charge in [0.15, 0.2) is 6.61 Å². The summed E-state index contributed by atoms with van der Waals surface area (Å²) in [4.78, 5) is 37.4. The van der Waals surface area contributed by atoms with Crippen LogP contribution in [0, 0.1) is 0 Å². The van der Waals surface area contributed by atoms with Crippen LogP contribution in [0.2, 0.25) is 5.02 Å². The van der Waals surface area contributed by atoms with Crippen molar-refractivity contribution < 1.29 is 19.1 Å². The number of esters is 1. The SMILES string of the molecule is CCc1ccccc1NC(=O)CN(C)C(=O)COC(=O)c1ccc(Cl)cc1. The maximum absolute atomic E-state index is 12.2. The third-order valence-corrected chi connectivity index (χ3v) is 4.14. The van der Waals surface area contributed by atoms with Gasteiger partial charge in [0.25, 0.3) is 5.91 Å². The Balaban J connectivity index is 1.83. The van der Waals surface area contributed by atoms with Crippen LogP contribution in [0.15, 0.2) is 48.5 Å². The number of halogens is 1. The Kier molecular flexibility index (Phi) is 7.37. The largest absolute Gasteiger partial charge is 0.452 e. The van der Waals surface area contributed by atoms with Crippen LogP contribution in [0.3, 0.4) is 0 Å². The highest BCUT2D eigenvalue weighted by atomic mass is 35.5. The van der Waals surface area contributed by atoms with E-state index in [0.717, 1.165) is 17.7 Å². The van der Waals surface area contributed by atoms with Gasteiger partial charge in [-0.05, 0) is 42.3 Å². The predicted octanol–water partition coefficient (Wildman–Crippen LogP) is 3.16. The van der Waals surface area contributed by atoms with Crippen molar-refractivity contribution in [3.63, 3.8) is 0 Å². The van der Waals surface area contributed by atoms with Crippen LogP contribution in [0.25, 0.3) is 0 Å². The van der Waals surface area contributed by atoms with Crippen LogP contribution in [0.4, 0.5) is 5.69 Å². The molecule has 142 valence electrons. The van der Waals surface area contributed by atoms with Crippen LogP contribution in [-0.4, -0.2) is 42.9 Å². The number of para-hydroxylation sites is 1. The summed E-state index contributed by atoms with van der Waals surface area (Å²) in [7, 11) is 1.48. The summed E-state index contributed by atoms with van der Waals surface area (Å²) in [6.45, 7) is 1.40. The first-order valence-electron chi connectivity index (χ1n) is 8.45. The van der Waals surface area contributed by atoms with Crippen molar-refractivity contribution in [2.75, 3.05) is 25.5 Å². The van der Waals surface area contributed by atoms with Gasteiger partial charge in [0, 0.05) is 17.8 Å². The number of carbonyl (C=O) groups excluding carboxylic acids is 3. The number of hydrogen-bond acceptors (Lipinski definition) is 4. The van der Waals surface area contributed by atoms with Gasteiger partial charge in [-0.1, -0.05) is 36.7 Å². The van der Waals surface area contributed by atoms with Crippen LogP contribution >= 0.6 is 11.6 Å². The number of ether oxygens (including phenoxy) is 1. The fourth-order valence-corrected chi connectivity index (χ4v) is 2.48. The van der Waals surface area contributed by atoms with E-state index in [9.17, 15) is 14.4 Å². The summed E-state index contributed by atoms with van der Waals surface area (Å²) in [5.41, 5.74) is 2.03. The Labute approximate surface area is 163 Å². The lowest BCUT2D eigenvalue weighted by molar-refractivity contribution is -0.136. The van der Waals surface area contributed by atoms with Gasteiger partial charge in [-0.2, -0.15) is 0 Å². The molecular weight excluding hydrogens is 368 g/mol. The number of benzene rings is 2. The van der Waals surface area contributed by atoms with E-state index in [1.54, 1.807) is 12.1 Å². The Morgan fingerprint density at radius 2 is 1.74 bits per heavy atom. The zero-order valence-corrected chi connectivity index (χ0v) is 16.0. The van der Waals surface area contributed by atoms with Crippen molar-refractivity contribution >= 4 is 35.1 Å². The molecule has 6 nitrogen and oxygen atoms in total. The second-order valence-corrected chi connectivity index (χ2v) is 6.33. The average molecular weight is 389 g/mol. The number of hydrogen-bond donors (Lipinski definition) is 1. The first kappa shape index (κ1) is 20.5. The van der Waals surface area contributed by atoms with Gasteiger partial charge in [0.05, 0.1) is 12.1 Å². The molecule has 0 saturated heterocycles. The molecule has 0 unspecified atom stereocenters. The summed E-state index contributed by atoms with van der Waals surface area (Å²) in [5, 5.41) is 3.29. The maximum Gasteiger partial charge on any atom is 0.338 e. The number of likely N-dealkylation sites (N-methyl/N-ethyl adjacent to an activating group) is 1. The van der Waals surface area contributed by atoms with E-state index in [1.165, 1.54) is 24.1 Å². The van der Waals surface area contributed by atoms with E-state index < -0.39 is 18.5 Å². The zero-order valence-electron chi connectivity index (χ0n) is 15.2. The van der Waals surface area contributed by atoms with Crippen molar-refractivity contribution in [2.24, 2.45) is 0 Å². The second-order valence-electron chi connectivity index (χ2n) is 5.89. The molecule has 0 aliphatic heterocycles. The molecule has 27 heavy (non-hydrogen) atoms. The molecule has 1 N–H and O–H groups in total. The minimum Gasteiger partial charge on any atom is -0.452 e. The van der Waals surface area contributed by atoms with Gasteiger partial charge in [-0.25, -0.2) is 4.79 Å². The lowest BCUT2D eigenvalue weighted by atomic mass is 10.1. The normalized spacial score (nSPS) is 10.2. The molecule has 0 heterocycles. The van der Waals surface area contributed by atoms with Gasteiger partial charge < -0.3 is 15.0 Å². The van der Waals surface area contributed by atoms with Crippen LogP contribution in [0.5, 0.6) is 0 Å². The first-order chi connectivity index (χ1) is 12.9. The maximum atomic E-state index is 12.2. The molecule has 2 aromatic carbocycles. The molecule has 2 rings (SSSR count). The standard InChI is InChI=1S/C20H21ClN2O4/c1-3-14-6-4-5-7-17(14)22-18(24)12-23(2)19(25)13-27-20(26)15-8-10-16(21)11-9-15/h4-11H,3,12-13H2,1-2H3,(H,22,24). The first-order valence-corrected chi connectivity index (χ1v) is 8.83. The highest BCUT2D eigenvalue weighted by molar-refractivity contribution is 6.30. The minimum absolute atomic E-state index is 0.143. The molecular formula is C20H21ClN2O4. The molecule has 0 bridgehead atoms. The lowest BCUT2D eigenvalue weighted by Crippen LogP contribution is -2.37. The Bertz CT molecular complexity index is 821. The molecule has 0 aliphatic rings. The Morgan fingerprint density at radius 1 is 1.07 bits per heavy atom. The molecule has 2 amide bonds. The predicted molar refractivity (Wildman–Crippen MR) is 104 cm³/mol. The van der Waals surface area contributed by atoms with Crippen molar-refractivity contribution in [3.05, 3.63) is 64.7 Å². The van der Waals surface area contributed by atoms with Gasteiger partial charge >= 0.3 is 5.97 Å². The Hall–Kier alpha value is -2.86. The molecule has 0 aliphatic carbocycles. The molecule has 0 radical (unpaired) electrons. The van der Waals surface area contributed by atoms with Crippen LogP contribution in [-0.2, 0) is 20.7 Å². The summed E-state index contributed by atoms with van der Waals surface area (Å²) < 4.78 is 4.98. The Morgan fingerprint density at radius 3 is 2.41 bits per heavy atom. The third-order valence-electron chi connectivity index (χ3n) is 3.89. The summed E-state index contributed by atoms with van der Waals surface area (Å²) in [6.07, 6.45) is 0.784. The van der Waals surface area contributed by atoms with E-state index in [-0.39, 0.29) is 12.5 Å². The van der Waals surface area contributed by atoms with Crippen molar-refractivity contribution in [3.8, 4) is 0 Å². The summed E-state index contributed by atoms with van der Waals surface area (Å²) in [6, 6.07) is 13.6. The fraction of sp³-hybridized carbons (Fsp3) is 0.250. The van der Waals surface area contributed by atoms with Gasteiger partial charge in [-0.3, -0.25) is 9.59 Å². The number of aryl methyl sites for hydroxylation is 1. The number of nitrogens with one attached hydrogen (secondary N) is 1. The summed E-state index contributed by atoms with van der Waals surface area (Å²) in [5.74, 6) is -1.43. The van der Waals surface area contributed by atoms with Crippen molar-refractivity contribution in [1.82, 2.24) is 4.90 Å². The van der Waals surface area contributed by atoms with Gasteiger partial charge in [0.2, 0.25) is 5.91 Å². The van der Waals surface area contributed by atoms with Crippen molar-refractivity contribution in [1.29, 1.82) is 0 Å². The molecule has 0 spiro atoms. The zero-order chi connectivity index (χ0) is 19.8. The number of rotatable bonds is 7. The molecule has 2 aromatic rings. The number of carbonyl (C=O) groups is 3. The lowest BCUT2D eigenvalue weighted by Gasteiger charge is -2.17. The number of amides is 2. The highest BCUT2D eigenvalue weighted by Crippen LogP contribution is 2.15. The minimum atomic E-state index is -0.630. The van der Waals surface area contributed by atoms with E-state index in [2.05, 4.69) is 5.32 Å². The molecule has 0 aromatic heterocycles. The fourth-order valence-electron chi connectivity index (χ4n) is 2.35. The number of anilines is 1. The smallest absolute Gasteiger partial charge is 0.338 e. The topological polar surface area (TPSA) is 75.7 Å². The summed E-state index contributed by atoms with van der Waals surface area (Å²) >= 11 is 5.76. The van der Waals surface area contributed by atoms with Gasteiger partial charge in [-0.15, -0.1) is 0 Å².